The van der Waals surface area contributed by atoms with Crippen LogP contribution in [-0.2, 0) is 4.79 Å². The van der Waals surface area contributed by atoms with Crippen LogP contribution in [0, 0.1) is 17.8 Å². The Morgan fingerprint density at radius 1 is 1.43 bits per heavy atom. The number of aromatic nitrogens is 2. The molecule has 2 rings (SSSR count). The first-order valence-electron chi connectivity index (χ1n) is 10.7. The maximum absolute atomic E-state index is 12.6. The van der Waals surface area contributed by atoms with E-state index >= 15 is 0 Å². The standard InChI is InChI=1S/C22H38N4O2/c1-4-17(15(2)3)11-21(27)19(10-16-8-6-5-7-9-16)26-22(28)12-18(23)20-13-24-14-25-20/h4,13-19,21,27H,1,5-12,23H2,2-3H3,(H,24,25)(H,26,28)/t17-,18-,19-,21-/m0/s1. The van der Waals surface area contributed by atoms with E-state index in [1.54, 1.807) is 12.5 Å². The quantitative estimate of drug-likeness (QED) is 0.434. The smallest absolute Gasteiger partial charge is 0.222 e. The number of nitrogens with one attached hydrogen (secondary N) is 2. The summed E-state index contributed by atoms with van der Waals surface area (Å²) in [4.78, 5) is 19.6. The summed E-state index contributed by atoms with van der Waals surface area (Å²) in [6.45, 7) is 8.19. The second-order valence-electron chi connectivity index (χ2n) is 8.67. The number of hydrogen-bond acceptors (Lipinski definition) is 4. The molecule has 1 aliphatic rings. The van der Waals surface area contributed by atoms with Gasteiger partial charge in [0, 0.05) is 12.6 Å². The molecule has 0 bridgehead atoms. The molecule has 0 unspecified atom stereocenters. The maximum atomic E-state index is 12.6. The van der Waals surface area contributed by atoms with Crippen LogP contribution in [0.4, 0.5) is 0 Å². The van der Waals surface area contributed by atoms with Crippen LogP contribution in [0.15, 0.2) is 25.2 Å². The third-order valence-corrected chi connectivity index (χ3v) is 6.10. The third-order valence-electron chi connectivity index (χ3n) is 6.10. The Hall–Kier alpha value is -1.66. The fraction of sp³-hybridized carbons (Fsp3) is 0.727. The summed E-state index contributed by atoms with van der Waals surface area (Å²) in [6.07, 6.45) is 12.3. The molecule has 1 aliphatic carbocycles. The van der Waals surface area contributed by atoms with Gasteiger partial charge in [-0.05, 0) is 30.6 Å². The van der Waals surface area contributed by atoms with Crippen LogP contribution in [0.25, 0.3) is 0 Å². The molecule has 0 spiro atoms. The van der Waals surface area contributed by atoms with Gasteiger partial charge in [0.15, 0.2) is 0 Å². The van der Waals surface area contributed by atoms with Gasteiger partial charge < -0.3 is 21.1 Å². The van der Waals surface area contributed by atoms with Crippen LogP contribution in [0.3, 0.4) is 0 Å². The van der Waals surface area contributed by atoms with Gasteiger partial charge in [-0.25, -0.2) is 4.98 Å². The predicted octanol–water partition coefficient (Wildman–Crippen LogP) is 3.46. The Balaban J connectivity index is 1.99. The summed E-state index contributed by atoms with van der Waals surface area (Å²) in [7, 11) is 0. The number of carbonyl (C=O) groups excluding carboxylic acids is 1. The van der Waals surface area contributed by atoms with E-state index in [0.717, 1.165) is 6.42 Å². The van der Waals surface area contributed by atoms with E-state index in [-0.39, 0.29) is 24.3 Å². The molecule has 1 amide bonds. The summed E-state index contributed by atoms with van der Waals surface area (Å²) >= 11 is 0. The average molecular weight is 391 g/mol. The van der Waals surface area contributed by atoms with Gasteiger partial charge in [0.1, 0.15) is 0 Å². The lowest BCUT2D eigenvalue weighted by Crippen LogP contribution is -2.46. The van der Waals surface area contributed by atoms with E-state index in [1.165, 1.54) is 32.1 Å². The summed E-state index contributed by atoms with van der Waals surface area (Å²) in [5, 5.41) is 14.0. The average Bonchev–Trinajstić information content (AvgIpc) is 3.20. The molecule has 6 nitrogen and oxygen atoms in total. The molecular weight excluding hydrogens is 352 g/mol. The highest BCUT2D eigenvalue weighted by Crippen LogP contribution is 2.29. The van der Waals surface area contributed by atoms with Crippen molar-refractivity contribution in [3.63, 3.8) is 0 Å². The first-order chi connectivity index (χ1) is 13.4. The van der Waals surface area contributed by atoms with Crippen LogP contribution in [0.1, 0.15) is 76.9 Å². The van der Waals surface area contributed by atoms with Gasteiger partial charge in [0.25, 0.3) is 0 Å². The zero-order valence-corrected chi connectivity index (χ0v) is 17.4. The Bertz CT molecular complexity index is 581. The van der Waals surface area contributed by atoms with E-state index in [9.17, 15) is 9.90 Å². The number of amides is 1. The number of allylic oxidation sites excluding steroid dienone is 1. The first kappa shape index (κ1) is 22.6. The largest absolute Gasteiger partial charge is 0.391 e. The van der Waals surface area contributed by atoms with Crippen molar-refractivity contribution in [1.29, 1.82) is 0 Å². The number of nitrogens with zero attached hydrogens (tertiary/aromatic N) is 1. The second kappa shape index (κ2) is 11.4. The fourth-order valence-corrected chi connectivity index (χ4v) is 4.22. The Morgan fingerprint density at radius 3 is 2.71 bits per heavy atom. The Kier molecular flexibility index (Phi) is 9.19. The molecule has 1 fully saturated rings. The molecule has 0 aromatic carbocycles. The molecule has 1 aromatic heterocycles. The minimum absolute atomic E-state index is 0.130. The molecule has 0 radical (unpaired) electrons. The first-order valence-corrected chi connectivity index (χ1v) is 10.7. The van der Waals surface area contributed by atoms with Gasteiger partial charge in [-0.15, -0.1) is 6.58 Å². The topological polar surface area (TPSA) is 104 Å². The molecule has 1 heterocycles. The molecular formula is C22H38N4O2. The van der Waals surface area contributed by atoms with Gasteiger partial charge in [-0.2, -0.15) is 0 Å². The van der Waals surface area contributed by atoms with Crippen molar-refractivity contribution in [2.75, 3.05) is 0 Å². The van der Waals surface area contributed by atoms with Crippen molar-refractivity contribution < 1.29 is 9.90 Å². The van der Waals surface area contributed by atoms with E-state index < -0.39 is 12.1 Å². The number of aliphatic hydroxyl groups is 1. The van der Waals surface area contributed by atoms with Crippen LogP contribution < -0.4 is 11.1 Å². The molecule has 6 heteroatoms. The summed E-state index contributed by atoms with van der Waals surface area (Å²) in [5.41, 5.74) is 6.77. The lowest BCUT2D eigenvalue weighted by molar-refractivity contribution is -0.123. The fourth-order valence-electron chi connectivity index (χ4n) is 4.22. The zero-order valence-electron chi connectivity index (χ0n) is 17.4. The summed E-state index contributed by atoms with van der Waals surface area (Å²) in [6, 6.07) is -0.696. The highest BCUT2D eigenvalue weighted by atomic mass is 16.3. The Morgan fingerprint density at radius 2 is 2.14 bits per heavy atom. The number of nitrogens with two attached hydrogens (primary N) is 1. The lowest BCUT2D eigenvalue weighted by Gasteiger charge is -2.32. The molecule has 0 aliphatic heterocycles. The zero-order chi connectivity index (χ0) is 20.5. The lowest BCUT2D eigenvalue weighted by atomic mass is 9.81. The molecule has 5 N–H and O–H groups in total. The maximum Gasteiger partial charge on any atom is 0.222 e. The van der Waals surface area contributed by atoms with Crippen molar-refractivity contribution in [2.45, 2.75) is 83.4 Å². The summed E-state index contributed by atoms with van der Waals surface area (Å²) in [5.74, 6) is 1.07. The molecule has 4 atom stereocenters. The molecule has 1 aromatic rings. The van der Waals surface area contributed by atoms with Gasteiger partial charge in [-0.3, -0.25) is 4.79 Å². The van der Waals surface area contributed by atoms with E-state index in [2.05, 4.69) is 35.7 Å². The highest BCUT2D eigenvalue weighted by molar-refractivity contribution is 5.77. The number of H-pyrrole nitrogens is 1. The van der Waals surface area contributed by atoms with Crippen LogP contribution >= 0.6 is 0 Å². The van der Waals surface area contributed by atoms with Gasteiger partial charge in [0.05, 0.1) is 30.2 Å². The number of carbonyl (C=O) groups is 1. The number of imidazole rings is 1. The normalized spacial score (nSPS) is 19.8. The monoisotopic (exact) mass is 390 g/mol. The van der Waals surface area contributed by atoms with E-state index in [1.807, 2.05) is 6.08 Å². The molecule has 28 heavy (non-hydrogen) atoms. The van der Waals surface area contributed by atoms with Crippen molar-refractivity contribution >= 4 is 5.91 Å². The molecule has 158 valence electrons. The number of aromatic amines is 1. The predicted molar refractivity (Wildman–Crippen MR) is 112 cm³/mol. The van der Waals surface area contributed by atoms with Crippen molar-refractivity contribution in [1.82, 2.24) is 15.3 Å². The van der Waals surface area contributed by atoms with E-state index in [4.69, 9.17) is 5.73 Å². The minimum atomic E-state index is -0.585. The molecule has 1 saturated carbocycles. The minimum Gasteiger partial charge on any atom is -0.391 e. The van der Waals surface area contributed by atoms with Crippen molar-refractivity contribution in [3.05, 3.63) is 30.9 Å². The van der Waals surface area contributed by atoms with Gasteiger partial charge in [-0.1, -0.05) is 52.0 Å². The SMILES string of the molecule is C=C[C@@H](C[C@H](O)[C@H](CC1CCCCC1)NC(=O)C[C@H](N)c1c[nH]cn1)C(C)C. The van der Waals surface area contributed by atoms with Crippen LogP contribution in [0.2, 0.25) is 0 Å². The summed E-state index contributed by atoms with van der Waals surface area (Å²) < 4.78 is 0. The second-order valence-corrected chi connectivity index (χ2v) is 8.67. The molecule has 0 saturated heterocycles. The van der Waals surface area contributed by atoms with Crippen molar-refractivity contribution in [3.8, 4) is 0 Å². The Labute approximate surface area is 169 Å². The number of rotatable bonds is 11. The van der Waals surface area contributed by atoms with Crippen LogP contribution in [-0.4, -0.2) is 33.1 Å². The number of hydrogen-bond donors (Lipinski definition) is 4. The van der Waals surface area contributed by atoms with Crippen molar-refractivity contribution in [2.24, 2.45) is 23.5 Å². The van der Waals surface area contributed by atoms with Crippen LogP contribution in [0.5, 0.6) is 0 Å². The number of aliphatic hydroxyl groups excluding tert-OH is 1. The third kappa shape index (κ3) is 7.06. The van der Waals surface area contributed by atoms with Gasteiger partial charge >= 0.3 is 0 Å². The highest BCUT2D eigenvalue weighted by Gasteiger charge is 2.28. The van der Waals surface area contributed by atoms with E-state index in [0.29, 0.717) is 24.0 Å². The van der Waals surface area contributed by atoms with Gasteiger partial charge in [0.2, 0.25) is 5.91 Å².